The molecule has 2 aliphatic rings. The maximum atomic E-state index is 12.2. The number of likely N-dealkylation sites (tertiary alicyclic amines) is 1. The summed E-state index contributed by atoms with van der Waals surface area (Å²) in [5.74, 6) is 1.34. The summed E-state index contributed by atoms with van der Waals surface area (Å²) in [6.45, 7) is 9.42. The molecule has 6 nitrogen and oxygen atoms in total. The number of anilines is 2. The number of rotatable bonds is 6. The minimum absolute atomic E-state index is 0.0712. The molecule has 2 aliphatic heterocycles. The molecule has 3 heterocycles. The second-order valence-corrected chi connectivity index (χ2v) is 9.83. The Morgan fingerprint density at radius 2 is 2.03 bits per heavy atom. The Hall–Kier alpha value is -2.12. The van der Waals surface area contributed by atoms with Gasteiger partial charge in [-0.3, -0.25) is 9.69 Å². The van der Waals surface area contributed by atoms with Gasteiger partial charge in [-0.05, 0) is 76.7 Å². The average molecular weight is 427 g/mol. The van der Waals surface area contributed by atoms with E-state index in [2.05, 4.69) is 38.4 Å². The molecule has 1 saturated heterocycles. The third-order valence-corrected chi connectivity index (χ3v) is 6.98. The van der Waals surface area contributed by atoms with Crippen LogP contribution in [0.25, 0.3) is 0 Å². The first-order chi connectivity index (χ1) is 14.4. The second kappa shape index (κ2) is 8.94. The molecule has 1 aromatic heterocycles. The summed E-state index contributed by atoms with van der Waals surface area (Å²) >= 11 is 1.66. The molecule has 0 saturated carbocycles. The summed E-state index contributed by atoms with van der Waals surface area (Å²) in [5, 5.41) is 4.34. The number of fused-ring (bicyclic) bond motifs is 2. The molecule has 0 bridgehead atoms. The molecule has 1 aromatic carbocycles. The highest BCUT2D eigenvalue weighted by Gasteiger charge is 2.33. The predicted molar refractivity (Wildman–Crippen MR) is 119 cm³/mol. The molecular formula is C23H30N4O2S. The third-order valence-electron chi connectivity index (χ3n) is 5.91. The van der Waals surface area contributed by atoms with Crippen molar-refractivity contribution in [2.45, 2.75) is 56.5 Å². The lowest BCUT2D eigenvalue weighted by Gasteiger charge is -2.35. The molecular weight excluding hydrogens is 396 g/mol. The van der Waals surface area contributed by atoms with Gasteiger partial charge in [0.05, 0.1) is 17.7 Å². The number of esters is 1. The molecule has 2 aromatic rings. The lowest BCUT2D eigenvalue weighted by molar-refractivity contribution is -0.154. The Bertz CT molecular complexity index is 910. The van der Waals surface area contributed by atoms with Crippen molar-refractivity contribution in [3.63, 3.8) is 0 Å². The average Bonchev–Trinajstić information content (AvgIpc) is 2.73. The Morgan fingerprint density at radius 1 is 1.27 bits per heavy atom. The van der Waals surface area contributed by atoms with Crippen LogP contribution in [-0.4, -0.2) is 40.5 Å². The number of nitrogens with zero attached hydrogens (tertiary/aromatic N) is 3. The highest BCUT2D eigenvalue weighted by atomic mass is 32.2. The SMILES string of the molecule is CCOC(=O)C(C)(C)CC1CCN(Cc2ccc3c(c2)Nc2nccnc2S3)CC1. The normalized spacial score (nSPS) is 17.0. The van der Waals surface area contributed by atoms with Crippen LogP contribution < -0.4 is 5.32 Å². The molecule has 30 heavy (non-hydrogen) atoms. The molecule has 0 spiro atoms. The summed E-state index contributed by atoms with van der Waals surface area (Å²) < 4.78 is 5.25. The lowest BCUT2D eigenvalue weighted by Crippen LogP contribution is -2.36. The van der Waals surface area contributed by atoms with Crippen molar-refractivity contribution in [2.24, 2.45) is 11.3 Å². The van der Waals surface area contributed by atoms with E-state index in [1.165, 1.54) is 10.5 Å². The van der Waals surface area contributed by atoms with Gasteiger partial charge >= 0.3 is 5.97 Å². The van der Waals surface area contributed by atoms with Crippen molar-refractivity contribution in [1.29, 1.82) is 0 Å². The van der Waals surface area contributed by atoms with Gasteiger partial charge in [-0.15, -0.1) is 0 Å². The number of piperidine rings is 1. The fourth-order valence-corrected chi connectivity index (χ4v) is 5.20. The van der Waals surface area contributed by atoms with Gasteiger partial charge in [0.1, 0.15) is 5.03 Å². The predicted octanol–water partition coefficient (Wildman–Crippen LogP) is 4.88. The molecule has 0 unspecified atom stereocenters. The van der Waals surface area contributed by atoms with Crippen LogP contribution in [0, 0.1) is 11.3 Å². The van der Waals surface area contributed by atoms with E-state index in [0.29, 0.717) is 12.5 Å². The van der Waals surface area contributed by atoms with E-state index in [9.17, 15) is 4.79 Å². The fourth-order valence-electron chi connectivity index (χ4n) is 4.32. The summed E-state index contributed by atoms with van der Waals surface area (Å²) in [6, 6.07) is 6.62. The summed E-state index contributed by atoms with van der Waals surface area (Å²) in [6.07, 6.45) is 6.61. The Kier molecular flexibility index (Phi) is 6.29. The first kappa shape index (κ1) is 21.1. The van der Waals surface area contributed by atoms with E-state index >= 15 is 0 Å². The molecule has 1 fully saturated rings. The first-order valence-corrected chi connectivity index (χ1v) is 11.5. The minimum Gasteiger partial charge on any atom is -0.466 e. The lowest BCUT2D eigenvalue weighted by atomic mass is 9.79. The number of aromatic nitrogens is 2. The number of carbonyl (C=O) groups is 1. The van der Waals surface area contributed by atoms with Crippen molar-refractivity contribution >= 4 is 29.2 Å². The first-order valence-electron chi connectivity index (χ1n) is 10.7. The summed E-state index contributed by atoms with van der Waals surface area (Å²) in [5.41, 5.74) is 2.01. The number of carbonyl (C=O) groups excluding carboxylic acids is 1. The number of nitrogens with one attached hydrogen (secondary N) is 1. The topological polar surface area (TPSA) is 67.3 Å². The zero-order valence-electron chi connectivity index (χ0n) is 18.0. The van der Waals surface area contributed by atoms with Crippen LogP contribution >= 0.6 is 11.8 Å². The maximum absolute atomic E-state index is 12.2. The molecule has 0 atom stereocenters. The molecule has 160 valence electrons. The van der Waals surface area contributed by atoms with E-state index in [1.54, 1.807) is 24.2 Å². The van der Waals surface area contributed by atoms with Crippen LogP contribution in [0.5, 0.6) is 0 Å². The zero-order valence-corrected chi connectivity index (χ0v) is 18.8. The highest BCUT2D eigenvalue weighted by Crippen LogP contribution is 2.42. The van der Waals surface area contributed by atoms with E-state index in [4.69, 9.17) is 4.74 Å². The Balaban J connectivity index is 1.31. The van der Waals surface area contributed by atoms with Crippen LogP contribution in [0.15, 0.2) is 40.5 Å². The van der Waals surface area contributed by atoms with Gasteiger partial charge in [0.2, 0.25) is 0 Å². The maximum Gasteiger partial charge on any atom is 0.311 e. The second-order valence-electron chi connectivity index (χ2n) is 8.80. The van der Waals surface area contributed by atoms with Gasteiger partial charge in [-0.1, -0.05) is 17.8 Å². The van der Waals surface area contributed by atoms with Crippen LogP contribution in [0.4, 0.5) is 11.5 Å². The molecule has 1 N–H and O–H groups in total. The molecule has 0 radical (unpaired) electrons. The van der Waals surface area contributed by atoms with Crippen molar-refractivity contribution < 1.29 is 9.53 Å². The Labute approximate surface area is 182 Å². The summed E-state index contributed by atoms with van der Waals surface area (Å²) in [7, 11) is 0. The number of hydrogen-bond acceptors (Lipinski definition) is 7. The van der Waals surface area contributed by atoms with Gasteiger partial charge < -0.3 is 10.1 Å². The number of hydrogen-bond donors (Lipinski definition) is 1. The van der Waals surface area contributed by atoms with Crippen molar-refractivity contribution in [3.8, 4) is 0 Å². The van der Waals surface area contributed by atoms with Crippen LogP contribution in [0.1, 0.15) is 45.6 Å². The van der Waals surface area contributed by atoms with E-state index in [1.807, 2.05) is 20.8 Å². The zero-order chi connectivity index (χ0) is 21.1. The largest absolute Gasteiger partial charge is 0.466 e. The summed E-state index contributed by atoms with van der Waals surface area (Å²) in [4.78, 5) is 24.7. The van der Waals surface area contributed by atoms with Crippen molar-refractivity contribution in [2.75, 3.05) is 25.0 Å². The number of ether oxygens (including phenoxy) is 1. The smallest absolute Gasteiger partial charge is 0.311 e. The van der Waals surface area contributed by atoms with Crippen molar-refractivity contribution in [3.05, 3.63) is 36.2 Å². The molecule has 0 aliphatic carbocycles. The number of benzene rings is 1. The third kappa shape index (κ3) is 4.78. The van der Waals surface area contributed by atoms with Gasteiger partial charge in [-0.2, -0.15) is 0 Å². The minimum atomic E-state index is -0.399. The van der Waals surface area contributed by atoms with Crippen LogP contribution in [0.2, 0.25) is 0 Å². The van der Waals surface area contributed by atoms with Gasteiger partial charge in [-0.25, -0.2) is 9.97 Å². The van der Waals surface area contributed by atoms with Gasteiger partial charge in [0.15, 0.2) is 5.82 Å². The van der Waals surface area contributed by atoms with Crippen molar-refractivity contribution in [1.82, 2.24) is 14.9 Å². The van der Waals surface area contributed by atoms with Crippen LogP contribution in [0.3, 0.4) is 0 Å². The quantitative estimate of drug-likeness (QED) is 0.564. The van der Waals surface area contributed by atoms with Gasteiger partial charge in [0.25, 0.3) is 0 Å². The Morgan fingerprint density at radius 3 is 2.80 bits per heavy atom. The molecule has 0 amide bonds. The molecule has 7 heteroatoms. The standard InChI is InChI=1S/C23H30N4O2S/c1-4-29-22(28)23(2,3)14-16-7-11-27(12-8-16)15-17-5-6-19-18(13-17)26-20-21(30-19)25-10-9-24-20/h5-6,9-10,13,16H,4,7-8,11-12,14-15H2,1-3H3,(H,24,26). The fraction of sp³-hybridized carbons (Fsp3) is 0.522. The van der Waals surface area contributed by atoms with E-state index < -0.39 is 5.41 Å². The van der Waals surface area contributed by atoms with Crippen LogP contribution in [-0.2, 0) is 16.1 Å². The highest BCUT2D eigenvalue weighted by molar-refractivity contribution is 7.99. The van der Waals surface area contributed by atoms with E-state index in [-0.39, 0.29) is 5.97 Å². The van der Waals surface area contributed by atoms with Gasteiger partial charge in [0, 0.05) is 23.8 Å². The molecule has 4 rings (SSSR count). The van der Waals surface area contributed by atoms with E-state index in [0.717, 1.165) is 55.4 Å². The monoisotopic (exact) mass is 426 g/mol.